The summed E-state index contributed by atoms with van der Waals surface area (Å²) in [7, 11) is 0. The fourth-order valence-corrected chi connectivity index (χ4v) is 4.30. The van der Waals surface area contributed by atoms with Crippen LogP contribution in [0, 0.1) is 5.92 Å². The Balaban J connectivity index is 1.66. The summed E-state index contributed by atoms with van der Waals surface area (Å²) in [4.78, 5) is 15.5. The summed E-state index contributed by atoms with van der Waals surface area (Å²) in [6, 6.07) is 16.2. The van der Waals surface area contributed by atoms with Crippen LogP contribution in [0.1, 0.15) is 24.0 Å². The fraction of sp³-hybridized carbons (Fsp3) is 0.381. The number of halogens is 1. The van der Waals surface area contributed by atoms with Crippen molar-refractivity contribution in [3.05, 3.63) is 70.2 Å². The van der Waals surface area contributed by atoms with Gasteiger partial charge in [-0.1, -0.05) is 58.4 Å². The minimum atomic E-state index is -1.81. The Kier molecular flexibility index (Phi) is 4.86. The lowest BCUT2D eigenvalue weighted by molar-refractivity contribution is -0.177. The maximum absolute atomic E-state index is 13.2. The summed E-state index contributed by atoms with van der Waals surface area (Å²) in [6.07, 6.45) is 1.97. The number of carbonyl (C=O) groups excluding carboxylic acids is 1. The lowest BCUT2D eigenvalue weighted by Gasteiger charge is -2.44. The van der Waals surface area contributed by atoms with Gasteiger partial charge in [-0.15, -0.1) is 0 Å². The highest BCUT2D eigenvalue weighted by atomic mass is 79.9. The van der Waals surface area contributed by atoms with Gasteiger partial charge >= 0.3 is 5.97 Å². The lowest BCUT2D eigenvalue weighted by Crippen LogP contribution is -2.53. The van der Waals surface area contributed by atoms with Gasteiger partial charge in [0, 0.05) is 11.0 Å². The maximum Gasteiger partial charge on any atom is 0.348 e. The van der Waals surface area contributed by atoms with Gasteiger partial charge in [0.05, 0.1) is 0 Å². The van der Waals surface area contributed by atoms with Crippen LogP contribution in [0.4, 0.5) is 0 Å². The van der Waals surface area contributed by atoms with Gasteiger partial charge in [0.15, 0.2) is 0 Å². The molecule has 4 nitrogen and oxygen atoms in total. The quantitative estimate of drug-likeness (QED) is 0.778. The molecule has 0 radical (unpaired) electrons. The van der Waals surface area contributed by atoms with Gasteiger partial charge in [-0.05, 0) is 55.1 Å². The molecule has 0 aromatic heterocycles. The Bertz CT molecular complexity index is 772. The summed E-state index contributed by atoms with van der Waals surface area (Å²) < 4.78 is 6.78. The second-order valence-electron chi connectivity index (χ2n) is 7.17. The molecule has 0 spiro atoms. The van der Waals surface area contributed by atoms with E-state index in [4.69, 9.17) is 4.74 Å². The largest absolute Gasteiger partial charge is 0.458 e. The van der Waals surface area contributed by atoms with Crippen LogP contribution in [0.3, 0.4) is 0 Å². The molecule has 26 heavy (non-hydrogen) atoms. The van der Waals surface area contributed by atoms with Crippen molar-refractivity contribution >= 4 is 21.9 Å². The Hall–Kier alpha value is -1.69. The second-order valence-corrected chi connectivity index (χ2v) is 8.08. The number of esters is 1. The van der Waals surface area contributed by atoms with Crippen LogP contribution in [0.15, 0.2) is 59.1 Å². The molecule has 3 fully saturated rings. The van der Waals surface area contributed by atoms with E-state index in [1.807, 2.05) is 30.3 Å². The zero-order chi connectivity index (χ0) is 18.1. The average molecular weight is 416 g/mol. The highest BCUT2D eigenvalue weighted by Crippen LogP contribution is 2.35. The molecule has 3 heterocycles. The summed E-state index contributed by atoms with van der Waals surface area (Å²) in [5.74, 6) is -0.196. The third-order valence-electron chi connectivity index (χ3n) is 5.60. The molecule has 2 atom stereocenters. The third kappa shape index (κ3) is 3.20. The fourth-order valence-electron chi connectivity index (χ4n) is 4.04. The monoisotopic (exact) mass is 415 g/mol. The van der Waals surface area contributed by atoms with E-state index < -0.39 is 11.6 Å². The molecule has 3 aliphatic rings. The van der Waals surface area contributed by atoms with E-state index in [0.717, 1.165) is 36.9 Å². The summed E-state index contributed by atoms with van der Waals surface area (Å²) >= 11 is 3.40. The van der Waals surface area contributed by atoms with Gasteiger partial charge in [0.2, 0.25) is 5.60 Å². The van der Waals surface area contributed by atoms with Gasteiger partial charge in [0.25, 0.3) is 0 Å². The molecular formula is C21H22BrNO3. The number of benzene rings is 2. The van der Waals surface area contributed by atoms with Crippen molar-refractivity contribution in [3.63, 3.8) is 0 Å². The highest BCUT2D eigenvalue weighted by molar-refractivity contribution is 9.10. The van der Waals surface area contributed by atoms with Crippen molar-refractivity contribution in [1.29, 1.82) is 0 Å². The van der Waals surface area contributed by atoms with E-state index in [1.165, 1.54) is 0 Å². The Morgan fingerprint density at radius 1 is 1.04 bits per heavy atom. The molecule has 5 heteroatoms. The van der Waals surface area contributed by atoms with Crippen molar-refractivity contribution in [3.8, 4) is 0 Å². The van der Waals surface area contributed by atoms with Crippen LogP contribution < -0.4 is 0 Å². The molecule has 0 amide bonds. The number of hydrogen-bond donors (Lipinski definition) is 1. The molecule has 2 aromatic carbocycles. The van der Waals surface area contributed by atoms with Crippen LogP contribution >= 0.6 is 15.9 Å². The number of ether oxygens (including phenoxy) is 1. The molecule has 3 aliphatic heterocycles. The number of fused-ring (bicyclic) bond motifs is 3. The molecule has 136 valence electrons. The molecule has 2 bridgehead atoms. The standard InChI is InChI=1S/C21H22BrNO3/c22-18-8-6-17(7-9-18)21(25,16-4-2-1-3-5-16)20(24)26-19-14-23-12-10-15(19)11-13-23/h1-9,15,19,25H,10-14H2/t19-,21+/m0/s1. The first-order chi connectivity index (χ1) is 12.6. The van der Waals surface area contributed by atoms with Crippen LogP contribution in [0.5, 0.6) is 0 Å². The van der Waals surface area contributed by atoms with E-state index in [9.17, 15) is 9.90 Å². The van der Waals surface area contributed by atoms with Crippen LogP contribution in [-0.4, -0.2) is 41.7 Å². The van der Waals surface area contributed by atoms with Crippen LogP contribution in [-0.2, 0) is 15.1 Å². The number of nitrogens with zero attached hydrogens (tertiary/aromatic N) is 1. The van der Waals surface area contributed by atoms with Crippen LogP contribution in [0.2, 0.25) is 0 Å². The number of piperidine rings is 3. The lowest BCUT2D eigenvalue weighted by atomic mass is 9.84. The zero-order valence-corrected chi connectivity index (χ0v) is 16.1. The van der Waals surface area contributed by atoms with Gasteiger partial charge in [-0.25, -0.2) is 4.79 Å². The minimum Gasteiger partial charge on any atom is -0.458 e. The van der Waals surface area contributed by atoms with Crippen molar-refractivity contribution in [1.82, 2.24) is 4.90 Å². The van der Waals surface area contributed by atoms with E-state index in [0.29, 0.717) is 17.0 Å². The number of aliphatic hydroxyl groups is 1. The number of hydrogen-bond acceptors (Lipinski definition) is 4. The predicted octanol–water partition coefficient (Wildman–Crippen LogP) is 3.32. The first kappa shape index (κ1) is 17.7. The SMILES string of the molecule is O=C(O[C@H]1CN2CCC1CC2)[C@@](O)(c1ccccc1)c1ccc(Br)cc1. The van der Waals surface area contributed by atoms with Gasteiger partial charge in [-0.2, -0.15) is 0 Å². The summed E-state index contributed by atoms with van der Waals surface area (Å²) in [5, 5.41) is 11.5. The van der Waals surface area contributed by atoms with Gasteiger partial charge in [-0.3, -0.25) is 4.90 Å². The highest BCUT2D eigenvalue weighted by Gasteiger charge is 2.45. The Morgan fingerprint density at radius 3 is 2.23 bits per heavy atom. The number of carbonyl (C=O) groups is 1. The Labute approximate surface area is 161 Å². The van der Waals surface area contributed by atoms with Crippen molar-refractivity contribution in [2.24, 2.45) is 5.92 Å². The van der Waals surface area contributed by atoms with Gasteiger partial charge < -0.3 is 9.84 Å². The van der Waals surface area contributed by atoms with E-state index in [2.05, 4.69) is 20.8 Å². The number of rotatable bonds is 4. The summed E-state index contributed by atoms with van der Waals surface area (Å²) in [5.41, 5.74) is -0.777. The molecular weight excluding hydrogens is 394 g/mol. The summed E-state index contributed by atoms with van der Waals surface area (Å²) in [6.45, 7) is 2.92. The molecule has 3 saturated heterocycles. The normalized spacial score (nSPS) is 26.9. The van der Waals surface area contributed by atoms with E-state index >= 15 is 0 Å². The first-order valence-corrected chi connectivity index (χ1v) is 9.84. The predicted molar refractivity (Wildman–Crippen MR) is 103 cm³/mol. The molecule has 2 aromatic rings. The topological polar surface area (TPSA) is 49.8 Å². The van der Waals surface area contributed by atoms with Crippen molar-refractivity contribution in [2.75, 3.05) is 19.6 Å². The van der Waals surface area contributed by atoms with Crippen molar-refractivity contribution < 1.29 is 14.6 Å². The van der Waals surface area contributed by atoms with E-state index in [-0.39, 0.29) is 6.10 Å². The molecule has 5 rings (SSSR count). The van der Waals surface area contributed by atoms with Crippen molar-refractivity contribution in [2.45, 2.75) is 24.5 Å². The van der Waals surface area contributed by atoms with Crippen LogP contribution in [0.25, 0.3) is 0 Å². The average Bonchev–Trinajstić information content (AvgIpc) is 2.69. The molecule has 1 N–H and O–H groups in total. The minimum absolute atomic E-state index is 0.143. The smallest absolute Gasteiger partial charge is 0.348 e. The molecule has 0 unspecified atom stereocenters. The van der Waals surface area contributed by atoms with Gasteiger partial charge in [0.1, 0.15) is 6.10 Å². The maximum atomic E-state index is 13.2. The first-order valence-electron chi connectivity index (χ1n) is 9.05. The Morgan fingerprint density at radius 2 is 1.65 bits per heavy atom. The zero-order valence-electron chi connectivity index (χ0n) is 14.5. The third-order valence-corrected chi connectivity index (χ3v) is 6.13. The van der Waals surface area contributed by atoms with E-state index in [1.54, 1.807) is 24.3 Å². The molecule has 0 aliphatic carbocycles. The molecule has 0 saturated carbocycles. The second kappa shape index (κ2) is 7.14.